The maximum absolute atomic E-state index is 5.93. The van der Waals surface area contributed by atoms with Crippen molar-refractivity contribution in [1.82, 2.24) is 0 Å². The van der Waals surface area contributed by atoms with E-state index < -0.39 is 7.59 Å². The zero-order chi connectivity index (χ0) is 13.4. The van der Waals surface area contributed by atoms with E-state index in [0.717, 1.165) is 5.56 Å². The highest BCUT2D eigenvalue weighted by Crippen LogP contribution is 2.45. The molecule has 0 fully saturated rings. The number of hydrogen-bond acceptors (Lipinski definition) is 0. The Labute approximate surface area is 131 Å². The van der Waals surface area contributed by atoms with Crippen LogP contribution >= 0.6 is 69.6 Å². The summed E-state index contributed by atoms with van der Waals surface area (Å²) in [5, 5.41) is 0. The minimum absolute atomic E-state index is 0.213. The molecule has 6 heteroatoms. The summed E-state index contributed by atoms with van der Waals surface area (Å²) in [6, 6.07) is 5.16. The van der Waals surface area contributed by atoms with E-state index in [-0.39, 0.29) is 5.92 Å². The Morgan fingerprint density at radius 3 is 1.76 bits per heavy atom. The lowest BCUT2D eigenvalue weighted by atomic mass is 9.96. The van der Waals surface area contributed by atoms with Gasteiger partial charge in [-0.15, -0.1) is 0 Å². The molecule has 0 aliphatic rings. The third kappa shape index (κ3) is 4.23. The molecule has 0 aliphatic carbocycles. The topological polar surface area (TPSA) is 0 Å². The van der Waals surface area contributed by atoms with Gasteiger partial charge in [0, 0.05) is 11.1 Å². The van der Waals surface area contributed by atoms with E-state index >= 15 is 0 Å². The van der Waals surface area contributed by atoms with Gasteiger partial charge in [-0.25, -0.2) is 0 Å². The molecule has 0 saturated carbocycles. The van der Waals surface area contributed by atoms with Crippen molar-refractivity contribution >= 4 is 69.6 Å². The van der Waals surface area contributed by atoms with E-state index in [1.165, 1.54) is 0 Å². The smallest absolute Gasteiger partial charge is 0.0784 e. The zero-order valence-corrected chi connectivity index (χ0v) is 13.6. The minimum Gasteiger partial charge on any atom is -0.0784 e. The average molecular weight is 355 g/mol. The molecule has 0 spiro atoms. The third-order valence-corrected chi connectivity index (χ3v) is 3.57. The summed E-state index contributed by atoms with van der Waals surface area (Å²) in [7, 11) is 0. The summed E-state index contributed by atoms with van der Waals surface area (Å²) in [5.41, 5.74) is 1.94. The molecule has 0 unspecified atom stereocenters. The first-order valence-corrected chi connectivity index (χ1v) is 7.08. The first kappa shape index (κ1) is 16.0. The van der Waals surface area contributed by atoms with E-state index in [1.807, 2.05) is 19.9 Å². The Kier molecular flexibility index (Phi) is 5.21. The van der Waals surface area contributed by atoms with E-state index in [4.69, 9.17) is 69.6 Å². The average Bonchev–Trinajstić information content (AvgIpc) is 2.14. The molecule has 0 aromatic heterocycles. The number of benzene rings is 1. The lowest BCUT2D eigenvalue weighted by Gasteiger charge is -2.22. The highest BCUT2D eigenvalue weighted by molar-refractivity contribution is 6.67. The second-order valence-corrected chi connectivity index (χ2v) is 8.51. The summed E-state index contributed by atoms with van der Waals surface area (Å²) in [5.74, 6) is 0.213. The Hall–Kier alpha value is 0.960. The molecule has 0 bridgehead atoms. The standard InChI is InChI=1S/C11H10Cl6/c1-6(2)8-4-3-7(10(12,13)14)5-9(8)11(15,16)17/h3-6H,1-2H3. The molecule has 0 saturated heterocycles. The van der Waals surface area contributed by atoms with Crippen LogP contribution in [-0.2, 0) is 7.59 Å². The van der Waals surface area contributed by atoms with Crippen molar-refractivity contribution in [2.24, 2.45) is 0 Å². The SMILES string of the molecule is CC(C)c1ccc(C(Cl)(Cl)Cl)cc1C(Cl)(Cl)Cl. The summed E-state index contributed by atoms with van der Waals surface area (Å²) < 4.78 is -3.06. The van der Waals surface area contributed by atoms with Crippen LogP contribution in [-0.4, -0.2) is 0 Å². The quantitative estimate of drug-likeness (QED) is 0.507. The van der Waals surface area contributed by atoms with Gasteiger partial charge >= 0.3 is 0 Å². The van der Waals surface area contributed by atoms with Gasteiger partial charge in [0.2, 0.25) is 7.59 Å². The minimum atomic E-state index is -1.54. The number of alkyl halides is 6. The molecule has 17 heavy (non-hydrogen) atoms. The van der Waals surface area contributed by atoms with Crippen LogP contribution in [0.4, 0.5) is 0 Å². The van der Waals surface area contributed by atoms with Gasteiger partial charge in [0.05, 0.1) is 0 Å². The maximum atomic E-state index is 5.93. The van der Waals surface area contributed by atoms with Crippen LogP contribution in [0.15, 0.2) is 18.2 Å². The van der Waals surface area contributed by atoms with Gasteiger partial charge in [-0.3, -0.25) is 0 Å². The molecule has 1 aromatic carbocycles. The van der Waals surface area contributed by atoms with Crippen LogP contribution in [0.5, 0.6) is 0 Å². The predicted molar refractivity (Wildman–Crippen MR) is 79.0 cm³/mol. The Morgan fingerprint density at radius 2 is 1.41 bits per heavy atom. The van der Waals surface area contributed by atoms with E-state index in [2.05, 4.69) is 0 Å². The fraction of sp³-hybridized carbons (Fsp3) is 0.455. The molecule has 0 amide bonds. The zero-order valence-electron chi connectivity index (χ0n) is 9.08. The molecule has 0 heterocycles. The van der Waals surface area contributed by atoms with Crippen molar-refractivity contribution in [2.75, 3.05) is 0 Å². The van der Waals surface area contributed by atoms with Gasteiger partial charge in [0.15, 0.2) is 0 Å². The second-order valence-electron chi connectivity index (χ2n) is 3.95. The molecule has 1 rings (SSSR count). The molecular weight excluding hydrogens is 345 g/mol. The van der Waals surface area contributed by atoms with Gasteiger partial charge < -0.3 is 0 Å². The highest BCUT2D eigenvalue weighted by atomic mass is 35.6. The van der Waals surface area contributed by atoms with Crippen molar-refractivity contribution in [3.63, 3.8) is 0 Å². The molecular formula is C11H10Cl6. The van der Waals surface area contributed by atoms with Crippen LogP contribution in [0, 0.1) is 0 Å². The number of rotatable bonds is 1. The Bertz CT molecular complexity index is 399. The summed E-state index contributed by atoms with van der Waals surface area (Å²) >= 11 is 35.2. The van der Waals surface area contributed by atoms with Gasteiger partial charge in [-0.2, -0.15) is 0 Å². The molecule has 96 valence electrons. The van der Waals surface area contributed by atoms with Crippen molar-refractivity contribution in [2.45, 2.75) is 27.4 Å². The molecule has 0 nitrogen and oxygen atoms in total. The van der Waals surface area contributed by atoms with E-state index in [0.29, 0.717) is 11.1 Å². The monoisotopic (exact) mass is 352 g/mol. The molecule has 0 N–H and O–H groups in total. The second kappa shape index (κ2) is 5.53. The van der Waals surface area contributed by atoms with Crippen LogP contribution in [0.2, 0.25) is 0 Å². The van der Waals surface area contributed by atoms with Crippen molar-refractivity contribution < 1.29 is 0 Å². The van der Waals surface area contributed by atoms with Gasteiger partial charge in [-0.1, -0.05) is 95.6 Å². The first-order chi connectivity index (χ1) is 7.53. The third-order valence-electron chi connectivity index (χ3n) is 2.31. The number of halogens is 6. The normalized spacial score (nSPS) is 13.2. The van der Waals surface area contributed by atoms with E-state index in [9.17, 15) is 0 Å². The predicted octanol–water partition coefficient (Wildman–Crippen LogP) is 6.46. The largest absolute Gasteiger partial charge is 0.216 e. The Morgan fingerprint density at radius 1 is 0.882 bits per heavy atom. The maximum Gasteiger partial charge on any atom is 0.216 e. The van der Waals surface area contributed by atoms with Crippen LogP contribution < -0.4 is 0 Å². The van der Waals surface area contributed by atoms with Crippen LogP contribution in [0.3, 0.4) is 0 Å². The van der Waals surface area contributed by atoms with Crippen molar-refractivity contribution in [3.8, 4) is 0 Å². The fourth-order valence-electron chi connectivity index (χ4n) is 1.48. The van der Waals surface area contributed by atoms with Crippen molar-refractivity contribution in [1.29, 1.82) is 0 Å². The first-order valence-electron chi connectivity index (χ1n) is 4.82. The van der Waals surface area contributed by atoms with Crippen molar-refractivity contribution in [3.05, 3.63) is 34.9 Å². The Balaban J connectivity index is 3.41. The van der Waals surface area contributed by atoms with Crippen LogP contribution in [0.25, 0.3) is 0 Å². The summed E-state index contributed by atoms with van der Waals surface area (Å²) in [4.78, 5) is 0. The summed E-state index contributed by atoms with van der Waals surface area (Å²) in [6.45, 7) is 4.01. The molecule has 0 atom stereocenters. The number of hydrogen-bond donors (Lipinski definition) is 0. The molecule has 0 aliphatic heterocycles. The molecule has 0 radical (unpaired) electrons. The van der Waals surface area contributed by atoms with Crippen LogP contribution in [0.1, 0.15) is 36.5 Å². The molecule has 1 aromatic rings. The lowest BCUT2D eigenvalue weighted by Crippen LogP contribution is -2.10. The van der Waals surface area contributed by atoms with Gasteiger partial charge in [0.1, 0.15) is 0 Å². The highest BCUT2D eigenvalue weighted by Gasteiger charge is 2.31. The lowest BCUT2D eigenvalue weighted by molar-refractivity contribution is 0.845. The van der Waals surface area contributed by atoms with E-state index in [1.54, 1.807) is 12.1 Å². The van der Waals surface area contributed by atoms with Gasteiger partial charge in [0.25, 0.3) is 0 Å². The fourth-order valence-corrected chi connectivity index (χ4v) is 2.33. The van der Waals surface area contributed by atoms with Gasteiger partial charge in [-0.05, 0) is 17.5 Å². The summed E-state index contributed by atoms with van der Waals surface area (Å²) in [6.07, 6.45) is 0.